The Hall–Kier alpha value is -1.07. The topological polar surface area (TPSA) is 45.7 Å². The van der Waals surface area contributed by atoms with Gasteiger partial charge in [-0.25, -0.2) is 0 Å². The highest BCUT2D eigenvalue weighted by molar-refractivity contribution is 7.11. The fourth-order valence-corrected chi connectivity index (χ4v) is 2.85. The zero-order chi connectivity index (χ0) is 15.9. The van der Waals surface area contributed by atoms with Crippen LogP contribution in [0.15, 0.2) is 17.1 Å². The van der Waals surface area contributed by atoms with E-state index in [4.69, 9.17) is 4.74 Å². The highest BCUT2D eigenvalue weighted by atomic mass is 32.1. The fraction of sp³-hybridized carbons (Fsp3) is 0.688. The maximum atomic E-state index is 5.41. The van der Waals surface area contributed by atoms with Gasteiger partial charge in [0.05, 0.1) is 12.1 Å². The van der Waals surface area contributed by atoms with Gasteiger partial charge in [-0.3, -0.25) is 4.99 Å². The van der Waals surface area contributed by atoms with Gasteiger partial charge in [0.25, 0.3) is 0 Å². The number of hydrogen-bond acceptors (Lipinski definition) is 3. The SMILES string of the molecule is CCNC(=NCC(C)(C)OC)NC(C)Cc1ccc(C)s1. The predicted molar refractivity (Wildman–Crippen MR) is 92.4 cm³/mol. The van der Waals surface area contributed by atoms with Crippen LogP contribution in [0.2, 0.25) is 0 Å². The summed E-state index contributed by atoms with van der Waals surface area (Å²) in [6.07, 6.45) is 1.01. The Bertz CT molecular complexity index is 454. The molecule has 0 fully saturated rings. The molecule has 120 valence electrons. The molecule has 1 aromatic rings. The van der Waals surface area contributed by atoms with Crippen molar-refractivity contribution in [3.8, 4) is 0 Å². The minimum absolute atomic E-state index is 0.240. The summed E-state index contributed by atoms with van der Waals surface area (Å²) in [5.41, 5.74) is -0.240. The lowest BCUT2D eigenvalue weighted by atomic mass is 10.1. The number of aliphatic imine (C=N–C) groups is 1. The van der Waals surface area contributed by atoms with Crippen LogP contribution in [-0.4, -0.2) is 37.8 Å². The maximum absolute atomic E-state index is 5.41. The standard InChI is InChI=1S/C16H29N3OS/c1-7-17-15(18-11-16(4,5)20-6)19-12(2)10-14-9-8-13(3)21-14/h8-9,12H,7,10-11H2,1-6H3,(H2,17,18,19). The van der Waals surface area contributed by atoms with Crippen LogP contribution in [0.3, 0.4) is 0 Å². The first kappa shape index (κ1) is 18.0. The number of ether oxygens (including phenoxy) is 1. The fourth-order valence-electron chi connectivity index (χ4n) is 1.84. The molecule has 0 saturated heterocycles. The molecule has 0 aliphatic rings. The van der Waals surface area contributed by atoms with Crippen molar-refractivity contribution < 1.29 is 4.74 Å². The van der Waals surface area contributed by atoms with Gasteiger partial charge < -0.3 is 15.4 Å². The molecule has 0 bridgehead atoms. The summed E-state index contributed by atoms with van der Waals surface area (Å²) in [7, 11) is 1.72. The van der Waals surface area contributed by atoms with Crippen LogP contribution in [0.5, 0.6) is 0 Å². The molecular weight excluding hydrogens is 282 g/mol. The number of nitrogens with zero attached hydrogens (tertiary/aromatic N) is 1. The van der Waals surface area contributed by atoms with Crippen molar-refractivity contribution in [2.24, 2.45) is 4.99 Å². The van der Waals surface area contributed by atoms with E-state index < -0.39 is 0 Å². The first-order valence-corrected chi connectivity index (χ1v) is 8.33. The molecule has 1 aromatic heterocycles. The molecule has 5 heteroatoms. The quantitative estimate of drug-likeness (QED) is 0.601. The van der Waals surface area contributed by atoms with Gasteiger partial charge >= 0.3 is 0 Å². The molecule has 0 saturated carbocycles. The number of methoxy groups -OCH3 is 1. The number of guanidine groups is 1. The third-order valence-corrected chi connectivity index (χ3v) is 4.22. The zero-order valence-electron chi connectivity index (χ0n) is 14.1. The minimum Gasteiger partial charge on any atom is -0.377 e. The van der Waals surface area contributed by atoms with Gasteiger partial charge in [-0.15, -0.1) is 11.3 Å². The second-order valence-electron chi connectivity index (χ2n) is 5.92. The lowest BCUT2D eigenvalue weighted by Gasteiger charge is -2.22. The highest BCUT2D eigenvalue weighted by Crippen LogP contribution is 2.16. The molecule has 0 amide bonds. The summed E-state index contributed by atoms with van der Waals surface area (Å²) in [4.78, 5) is 7.38. The Labute approximate surface area is 133 Å². The van der Waals surface area contributed by atoms with E-state index in [1.807, 2.05) is 25.2 Å². The lowest BCUT2D eigenvalue weighted by molar-refractivity contribution is 0.0310. The monoisotopic (exact) mass is 311 g/mol. The van der Waals surface area contributed by atoms with Crippen LogP contribution in [-0.2, 0) is 11.2 Å². The van der Waals surface area contributed by atoms with Crippen LogP contribution >= 0.6 is 11.3 Å². The summed E-state index contributed by atoms with van der Waals surface area (Å²) in [6, 6.07) is 4.72. The number of hydrogen-bond donors (Lipinski definition) is 2. The van der Waals surface area contributed by atoms with Crippen LogP contribution < -0.4 is 10.6 Å². The van der Waals surface area contributed by atoms with Crippen molar-refractivity contribution in [1.82, 2.24) is 10.6 Å². The second-order valence-corrected chi connectivity index (χ2v) is 7.29. The number of thiophene rings is 1. The molecule has 1 unspecified atom stereocenters. The zero-order valence-corrected chi connectivity index (χ0v) is 14.9. The van der Waals surface area contributed by atoms with Gasteiger partial charge in [-0.05, 0) is 46.8 Å². The molecule has 0 spiro atoms. The molecule has 4 nitrogen and oxygen atoms in total. The summed E-state index contributed by atoms with van der Waals surface area (Å²) in [6.45, 7) is 12.0. The molecule has 21 heavy (non-hydrogen) atoms. The van der Waals surface area contributed by atoms with Crippen molar-refractivity contribution in [2.75, 3.05) is 20.2 Å². The summed E-state index contributed by atoms with van der Waals surface area (Å²) in [5, 5.41) is 6.75. The molecule has 2 N–H and O–H groups in total. The van der Waals surface area contributed by atoms with Crippen molar-refractivity contribution >= 4 is 17.3 Å². The average Bonchev–Trinajstić information content (AvgIpc) is 2.81. The third kappa shape index (κ3) is 6.96. The number of aryl methyl sites for hydroxylation is 1. The van der Waals surface area contributed by atoms with Crippen molar-refractivity contribution in [1.29, 1.82) is 0 Å². The van der Waals surface area contributed by atoms with E-state index in [1.54, 1.807) is 7.11 Å². The van der Waals surface area contributed by atoms with Crippen molar-refractivity contribution in [2.45, 2.75) is 52.7 Å². The molecule has 0 aliphatic heterocycles. The van der Waals surface area contributed by atoms with Crippen molar-refractivity contribution in [3.63, 3.8) is 0 Å². The second kappa shape index (κ2) is 8.39. The number of rotatable bonds is 7. The van der Waals surface area contributed by atoms with Gasteiger partial charge in [0, 0.05) is 35.9 Å². The Morgan fingerprint density at radius 1 is 1.43 bits per heavy atom. The van der Waals surface area contributed by atoms with Gasteiger partial charge in [-0.1, -0.05) is 0 Å². The first-order chi connectivity index (χ1) is 9.86. The smallest absolute Gasteiger partial charge is 0.191 e. The van der Waals surface area contributed by atoms with E-state index >= 15 is 0 Å². The minimum atomic E-state index is -0.240. The summed E-state index contributed by atoms with van der Waals surface area (Å²) >= 11 is 1.86. The molecule has 1 atom stereocenters. The maximum Gasteiger partial charge on any atom is 0.191 e. The van der Waals surface area contributed by atoms with Crippen LogP contribution in [0.1, 0.15) is 37.4 Å². The third-order valence-electron chi connectivity index (χ3n) is 3.20. The average molecular weight is 311 g/mol. The van der Waals surface area contributed by atoms with E-state index in [9.17, 15) is 0 Å². The first-order valence-electron chi connectivity index (χ1n) is 7.51. The Balaban J connectivity index is 2.58. The van der Waals surface area contributed by atoms with Crippen LogP contribution in [0, 0.1) is 6.92 Å². The van der Waals surface area contributed by atoms with Gasteiger partial charge in [0.1, 0.15) is 0 Å². The highest BCUT2D eigenvalue weighted by Gasteiger charge is 2.16. The van der Waals surface area contributed by atoms with Crippen LogP contribution in [0.25, 0.3) is 0 Å². The summed E-state index contributed by atoms with van der Waals surface area (Å²) < 4.78 is 5.41. The number of nitrogens with one attached hydrogen (secondary N) is 2. The van der Waals surface area contributed by atoms with E-state index in [0.717, 1.165) is 18.9 Å². The predicted octanol–water partition coefficient (Wildman–Crippen LogP) is 2.97. The molecule has 1 heterocycles. The van der Waals surface area contributed by atoms with E-state index in [-0.39, 0.29) is 5.60 Å². The molecular formula is C16H29N3OS. The Morgan fingerprint density at radius 3 is 2.67 bits per heavy atom. The molecule has 1 rings (SSSR count). The Morgan fingerprint density at radius 2 is 2.14 bits per heavy atom. The normalized spacial score (nSPS) is 14.1. The van der Waals surface area contributed by atoms with E-state index in [0.29, 0.717) is 12.6 Å². The van der Waals surface area contributed by atoms with Crippen LogP contribution in [0.4, 0.5) is 0 Å². The van der Waals surface area contributed by atoms with Gasteiger partial charge in [0.15, 0.2) is 5.96 Å². The molecule has 0 aliphatic carbocycles. The van der Waals surface area contributed by atoms with E-state index in [2.05, 4.69) is 48.5 Å². The molecule has 0 radical (unpaired) electrons. The van der Waals surface area contributed by atoms with E-state index in [1.165, 1.54) is 9.75 Å². The summed E-state index contributed by atoms with van der Waals surface area (Å²) in [5.74, 6) is 0.850. The largest absolute Gasteiger partial charge is 0.377 e. The van der Waals surface area contributed by atoms with Crippen molar-refractivity contribution in [3.05, 3.63) is 21.9 Å². The Kier molecular flexibility index (Phi) is 7.18. The van der Waals surface area contributed by atoms with Gasteiger partial charge in [-0.2, -0.15) is 0 Å². The van der Waals surface area contributed by atoms with Gasteiger partial charge in [0.2, 0.25) is 0 Å². The molecule has 0 aromatic carbocycles. The lowest BCUT2D eigenvalue weighted by Crippen LogP contribution is -2.44.